The van der Waals surface area contributed by atoms with E-state index in [9.17, 15) is 14.4 Å². The van der Waals surface area contributed by atoms with Crippen LogP contribution in [0.1, 0.15) is 114 Å². The van der Waals surface area contributed by atoms with Crippen molar-refractivity contribution in [3.8, 4) is 5.75 Å². The maximum Gasteiger partial charge on any atom is 0.189 e. The molecule has 3 aromatic rings. The Morgan fingerprint density at radius 1 is 0.976 bits per heavy atom. The quantitative estimate of drug-likeness (QED) is 0.204. The summed E-state index contributed by atoms with van der Waals surface area (Å²) in [4.78, 5) is 37.7. The van der Waals surface area contributed by atoms with E-state index in [1.807, 2.05) is 56.3 Å². The number of hydrogen-bond acceptors (Lipinski definition) is 4. The Bertz CT molecular complexity index is 1580. The van der Waals surface area contributed by atoms with Gasteiger partial charge in [-0.25, -0.2) is 0 Å². The highest BCUT2D eigenvalue weighted by Crippen LogP contribution is 2.36. The molecule has 0 saturated heterocycles. The van der Waals surface area contributed by atoms with Gasteiger partial charge in [-0.2, -0.15) is 0 Å². The van der Waals surface area contributed by atoms with Crippen molar-refractivity contribution in [2.24, 2.45) is 5.92 Å². The van der Waals surface area contributed by atoms with E-state index in [0.717, 1.165) is 64.8 Å². The summed E-state index contributed by atoms with van der Waals surface area (Å²) in [6.45, 7) is 8.14. The molecule has 0 N–H and O–H groups in total. The summed E-state index contributed by atoms with van der Waals surface area (Å²) >= 11 is 0. The van der Waals surface area contributed by atoms with E-state index in [2.05, 4.69) is 31.2 Å². The van der Waals surface area contributed by atoms with Crippen molar-refractivity contribution in [2.75, 3.05) is 6.61 Å². The van der Waals surface area contributed by atoms with Crippen LogP contribution in [0.5, 0.6) is 5.75 Å². The van der Waals surface area contributed by atoms with E-state index in [0.29, 0.717) is 30.9 Å². The minimum atomic E-state index is 0.0737. The van der Waals surface area contributed by atoms with E-state index in [4.69, 9.17) is 4.74 Å². The Labute approximate surface area is 249 Å². The minimum Gasteiger partial charge on any atom is -0.494 e. The lowest BCUT2D eigenvalue weighted by atomic mass is 9.81. The van der Waals surface area contributed by atoms with Gasteiger partial charge in [0, 0.05) is 29.9 Å². The first-order chi connectivity index (χ1) is 20.2. The molecule has 0 spiro atoms. The van der Waals surface area contributed by atoms with Gasteiger partial charge in [-0.3, -0.25) is 14.4 Å². The van der Waals surface area contributed by atoms with Crippen LogP contribution < -0.4 is 4.74 Å². The van der Waals surface area contributed by atoms with Crippen molar-refractivity contribution in [1.29, 1.82) is 0 Å². The summed E-state index contributed by atoms with van der Waals surface area (Å²) in [5, 5.41) is 0. The minimum absolute atomic E-state index is 0.0737. The summed E-state index contributed by atoms with van der Waals surface area (Å²) in [6.07, 6.45) is 8.67. The Morgan fingerprint density at radius 2 is 1.74 bits per heavy atom. The molecule has 4 nitrogen and oxygen atoms in total. The van der Waals surface area contributed by atoms with Crippen molar-refractivity contribution in [1.82, 2.24) is 0 Å². The van der Waals surface area contributed by atoms with Crippen LogP contribution in [0.2, 0.25) is 0 Å². The average Bonchev–Trinajstić information content (AvgIpc) is 2.98. The predicted octanol–water partition coefficient (Wildman–Crippen LogP) is 8.71. The predicted molar refractivity (Wildman–Crippen MR) is 168 cm³/mol. The third kappa shape index (κ3) is 6.54. The van der Waals surface area contributed by atoms with E-state index in [1.54, 1.807) is 13.0 Å². The van der Waals surface area contributed by atoms with Gasteiger partial charge in [-0.15, -0.1) is 0 Å². The van der Waals surface area contributed by atoms with Gasteiger partial charge < -0.3 is 4.74 Å². The second kappa shape index (κ2) is 12.9. The van der Waals surface area contributed by atoms with Crippen LogP contribution >= 0.6 is 0 Å². The first-order valence-corrected chi connectivity index (χ1v) is 15.2. The highest BCUT2D eigenvalue weighted by molar-refractivity contribution is 6.12. The van der Waals surface area contributed by atoms with Crippen LogP contribution in [0, 0.1) is 5.92 Å². The van der Waals surface area contributed by atoms with Crippen LogP contribution in [0.25, 0.3) is 6.08 Å². The molecule has 0 bridgehead atoms. The van der Waals surface area contributed by atoms with Gasteiger partial charge >= 0.3 is 0 Å². The van der Waals surface area contributed by atoms with Crippen LogP contribution in [-0.2, 0) is 11.2 Å². The number of ether oxygens (including phenoxy) is 1. The van der Waals surface area contributed by atoms with Crippen molar-refractivity contribution >= 4 is 23.4 Å². The monoisotopic (exact) mass is 560 g/mol. The zero-order chi connectivity index (χ0) is 29.8. The average molecular weight is 561 g/mol. The molecular formula is C38H40O4. The number of allylic oxidation sites excluding steroid dienone is 3. The molecule has 0 amide bonds. The molecule has 0 radical (unpaired) electrons. The Hall–Kier alpha value is -4.05. The summed E-state index contributed by atoms with van der Waals surface area (Å²) < 4.78 is 6.05. The van der Waals surface area contributed by atoms with E-state index in [-0.39, 0.29) is 23.3 Å². The number of carbonyl (C=O) groups excluding carboxylic acids is 3. The maximum absolute atomic E-state index is 13.3. The lowest BCUT2D eigenvalue weighted by Gasteiger charge is -2.23. The number of rotatable bonds is 8. The number of ketones is 3. The fraction of sp³-hybridized carbons (Fsp3) is 0.342. The molecule has 1 saturated carbocycles. The van der Waals surface area contributed by atoms with Gasteiger partial charge in [0.1, 0.15) is 5.75 Å². The first kappa shape index (κ1) is 29.4. The fourth-order valence-electron chi connectivity index (χ4n) is 6.45. The summed E-state index contributed by atoms with van der Waals surface area (Å²) in [5.41, 5.74) is 8.95. The highest BCUT2D eigenvalue weighted by atomic mass is 16.5. The lowest BCUT2D eigenvalue weighted by molar-refractivity contribution is -0.112. The molecule has 5 rings (SSSR count). The Balaban J connectivity index is 1.36. The molecule has 1 fully saturated rings. The van der Waals surface area contributed by atoms with Crippen molar-refractivity contribution < 1.29 is 19.1 Å². The molecule has 1 atom stereocenters. The molecule has 0 heterocycles. The third-order valence-corrected chi connectivity index (χ3v) is 8.73. The number of carbonyl (C=O) groups is 3. The van der Waals surface area contributed by atoms with Crippen molar-refractivity contribution in [2.45, 2.75) is 72.1 Å². The Kier molecular flexibility index (Phi) is 9.01. The van der Waals surface area contributed by atoms with Gasteiger partial charge in [0.15, 0.2) is 17.3 Å². The molecule has 216 valence electrons. The lowest BCUT2D eigenvalue weighted by Crippen LogP contribution is -2.14. The van der Waals surface area contributed by atoms with Crippen LogP contribution in [0.15, 0.2) is 77.9 Å². The molecule has 2 aliphatic rings. The largest absolute Gasteiger partial charge is 0.494 e. The van der Waals surface area contributed by atoms with Crippen molar-refractivity contribution in [3.63, 3.8) is 0 Å². The molecule has 0 aliphatic heterocycles. The maximum atomic E-state index is 13.3. The summed E-state index contributed by atoms with van der Waals surface area (Å²) in [7, 11) is 0. The van der Waals surface area contributed by atoms with E-state index >= 15 is 0 Å². The van der Waals surface area contributed by atoms with Gasteiger partial charge in [0.05, 0.1) is 6.61 Å². The molecular weight excluding hydrogens is 520 g/mol. The molecule has 0 aromatic heterocycles. The van der Waals surface area contributed by atoms with Crippen LogP contribution in [-0.4, -0.2) is 24.0 Å². The van der Waals surface area contributed by atoms with Gasteiger partial charge in [0.2, 0.25) is 0 Å². The fourth-order valence-corrected chi connectivity index (χ4v) is 6.45. The molecule has 42 heavy (non-hydrogen) atoms. The SMILES string of the molecule is CCOc1cc(C(=O)CC2CCC(=CC(C)=O)CC2)ccc1Cc1ccc2c(c1)C(C)c1ccccc1C(=O)/C(C)=C/2. The normalized spacial score (nSPS) is 19.5. The molecule has 1 unspecified atom stereocenters. The zero-order valence-electron chi connectivity index (χ0n) is 25.2. The highest BCUT2D eigenvalue weighted by Gasteiger charge is 2.24. The van der Waals surface area contributed by atoms with Gasteiger partial charge in [-0.1, -0.05) is 67.1 Å². The van der Waals surface area contributed by atoms with E-state index in [1.165, 1.54) is 11.1 Å². The molecule has 2 aliphatic carbocycles. The topological polar surface area (TPSA) is 60.4 Å². The number of benzene rings is 3. The Morgan fingerprint density at radius 3 is 2.48 bits per heavy atom. The van der Waals surface area contributed by atoms with Crippen LogP contribution in [0.4, 0.5) is 0 Å². The molecule has 4 heteroatoms. The smallest absolute Gasteiger partial charge is 0.189 e. The zero-order valence-corrected chi connectivity index (χ0v) is 25.2. The van der Waals surface area contributed by atoms with E-state index < -0.39 is 0 Å². The second-order valence-corrected chi connectivity index (χ2v) is 11.8. The second-order valence-electron chi connectivity index (χ2n) is 11.8. The first-order valence-electron chi connectivity index (χ1n) is 15.2. The standard InChI is InChI=1S/C38H40O4/c1-5-42-37-23-31(36(40)22-28-12-10-27(11-13-28)19-25(3)39)16-17-32(37)20-29-14-15-30-18-24(2)38(41)34-9-7-6-8-33(34)26(4)35(30)21-29/h6-9,14-19,21,23,26,28H,5,10-13,20,22H2,1-4H3/b24-18+,27-19?. The van der Waals surface area contributed by atoms with Crippen LogP contribution in [0.3, 0.4) is 0 Å². The number of hydrogen-bond donors (Lipinski definition) is 0. The van der Waals surface area contributed by atoms with Gasteiger partial charge in [-0.05, 0) is 104 Å². The summed E-state index contributed by atoms with van der Waals surface area (Å²) in [5.74, 6) is 1.51. The van der Waals surface area contributed by atoms with Gasteiger partial charge in [0.25, 0.3) is 0 Å². The summed E-state index contributed by atoms with van der Waals surface area (Å²) in [6, 6.07) is 20.3. The third-order valence-electron chi connectivity index (χ3n) is 8.73. The number of Topliss-reactive ketones (excluding diaryl/α,β-unsaturated/α-hetero) is 2. The number of fused-ring (bicyclic) bond motifs is 2. The van der Waals surface area contributed by atoms with Crippen molar-refractivity contribution in [3.05, 3.63) is 117 Å². The molecule has 3 aromatic carbocycles.